The van der Waals surface area contributed by atoms with E-state index in [1.165, 1.54) is 29.2 Å². The molecule has 0 heterocycles. The van der Waals surface area contributed by atoms with Gasteiger partial charge in [0.1, 0.15) is 12.6 Å². The Labute approximate surface area is 289 Å². The van der Waals surface area contributed by atoms with Gasteiger partial charge in [-0.05, 0) is 73.9 Å². The Balaban J connectivity index is 1.84. The van der Waals surface area contributed by atoms with Gasteiger partial charge >= 0.3 is 0 Å². The number of anilines is 1. The van der Waals surface area contributed by atoms with Crippen LogP contribution in [0.15, 0.2) is 106 Å². The molecule has 0 aliphatic carbocycles. The number of nitrogens with one attached hydrogen (secondary N) is 1. The highest BCUT2D eigenvalue weighted by Gasteiger charge is 2.35. The normalized spacial score (nSPS) is 12.7. The van der Waals surface area contributed by atoms with Gasteiger partial charge in [0.25, 0.3) is 10.0 Å². The molecule has 2 atom stereocenters. The van der Waals surface area contributed by atoms with Gasteiger partial charge in [0.05, 0.1) is 15.6 Å². The summed E-state index contributed by atoms with van der Waals surface area (Å²) in [5.74, 6) is -0.929. The Kier molecular flexibility index (Phi) is 12.3. The molecule has 7 nitrogen and oxygen atoms in total. The van der Waals surface area contributed by atoms with Gasteiger partial charge in [-0.25, -0.2) is 8.42 Å². The molecule has 0 aromatic heterocycles. The van der Waals surface area contributed by atoms with E-state index in [4.69, 9.17) is 23.2 Å². The van der Waals surface area contributed by atoms with Gasteiger partial charge < -0.3 is 10.2 Å². The Morgan fingerprint density at radius 1 is 0.891 bits per heavy atom. The van der Waals surface area contributed by atoms with Crippen LogP contribution in [0.5, 0.6) is 0 Å². The molecule has 4 aromatic rings. The first-order chi connectivity index (χ1) is 21.9. The topological polar surface area (TPSA) is 86.8 Å². The lowest BCUT2D eigenvalue weighted by molar-refractivity contribution is -0.140. The van der Waals surface area contributed by atoms with Crippen molar-refractivity contribution in [3.63, 3.8) is 0 Å². The van der Waals surface area contributed by atoms with E-state index in [2.05, 4.69) is 21.2 Å². The smallest absolute Gasteiger partial charge is 0.264 e. The molecule has 46 heavy (non-hydrogen) atoms. The quantitative estimate of drug-likeness (QED) is 0.151. The molecule has 2 amide bonds. The maximum absolute atomic E-state index is 14.6. The third-order valence-electron chi connectivity index (χ3n) is 7.58. The zero-order chi connectivity index (χ0) is 33.4. The SMILES string of the molecule is CCC(C)NC(=O)C(Cc1ccccc1)N(Cc1cccc(Br)c1)C(=O)CN(c1cc(Cl)ccc1Cl)S(=O)(=O)c1ccc(C)cc1. The minimum absolute atomic E-state index is 0.0177. The summed E-state index contributed by atoms with van der Waals surface area (Å²) >= 11 is 16.4. The van der Waals surface area contributed by atoms with E-state index in [9.17, 15) is 18.0 Å². The molecule has 0 aliphatic heterocycles. The molecule has 242 valence electrons. The summed E-state index contributed by atoms with van der Waals surface area (Å²) in [6.07, 6.45) is 0.907. The first-order valence-electron chi connectivity index (χ1n) is 14.8. The maximum Gasteiger partial charge on any atom is 0.264 e. The Morgan fingerprint density at radius 2 is 1.57 bits per heavy atom. The zero-order valence-electron chi connectivity index (χ0n) is 25.8. The van der Waals surface area contributed by atoms with Crippen LogP contribution >= 0.6 is 39.1 Å². The molecule has 1 N–H and O–H groups in total. The lowest BCUT2D eigenvalue weighted by Crippen LogP contribution is -2.54. The number of sulfonamides is 1. The average molecular weight is 746 g/mol. The van der Waals surface area contributed by atoms with Crippen LogP contribution < -0.4 is 9.62 Å². The summed E-state index contributed by atoms with van der Waals surface area (Å²) in [4.78, 5) is 30.0. The molecule has 0 fully saturated rings. The molecule has 4 rings (SSSR count). The van der Waals surface area contributed by atoms with Crippen LogP contribution in [0.3, 0.4) is 0 Å². The predicted octanol–water partition coefficient (Wildman–Crippen LogP) is 7.81. The fraction of sp³-hybridized carbons (Fsp3) is 0.257. The maximum atomic E-state index is 14.6. The Morgan fingerprint density at radius 3 is 2.22 bits per heavy atom. The average Bonchev–Trinajstić information content (AvgIpc) is 3.03. The van der Waals surface area contributed by atoms with E-state index in [-0.39, 0.29) is 45.5 Å². The van der Waals surface area contributed by atoms with Crippen molar-refractivity contribution in [2.24, 2.45) is 0 Å². The number of rotatable bonds is 13. The fourth-order valence-electron chi connectivity index (χ4n) is 4.85. The lowest BCUT2D eigenvalue weighted by Gasteiger charge is -2.34. The molecule has 0 saturated heterocycles. The highest BCUT2D eigenvalue weighted by atomic mass is 79.9. The number of hydrogen-bond donors (Lipinski definition) is 1. The zero-order valence-corrected chi connectivity index (χ0v) is 29.7. The van der Waals surface area contributed by atoms with Crippen LogP contribution in [-0.4, -0.2) is 43.8 Å². The summed E-state index contributed by atoms with van der Waals surface area (Å²) in [5.41, 5.74) is 2.53. The largest absolute Gasteiger partial charge is 0.352 e. The number of benzene rings is 4. The van der Waals surface area contributed by atoms with Crippen LogP contribution in [0.4, 0.5) is 5.69 Å². The molecule has 4 aromatic carbocycles. The number of nitrogens with zero attached hydrogens (tertiary/aromatic N) is 2. The van der Waals surface area contributed by atoms with Crippen molar-refractivity contribution in [2.75, 3.05) is 10.8 Å². The van der Waals surface area contributed by atoms with E-state index < -0.39 is 28.5 Å². The number of amides is 2. The minimum Gasteiger partial charge on any atom is -0.352 e. The van der Waals surface area contributed by atoms with Crippen LogP contribution in [-0.2, 0) is 32.6 Å². The third-order valence-corrected chi connectivity index (χ3v) is 10.4. The lowest BCUT2D eigenvalue weighted by atomic mass is 10.0. The second-order valence-corrected chi connectivity index (χ2v) is 14.7. The van der Waals surface area contributed by atoms with E-state index in [1.807, 2.05) is 75.4 Å². The van der Waals surface area contributed by atoms with Crippen molar-refractivity contribution < 1.29 is 18.0 Å². The number of halogens is 3. The van der Waals surface area contributed by atoms with E-state index in [0.29, 0.717) is 6.42 Å². The van der Waals surface area contributed by atoms with Gasteiger partial charge in [-0.3, -0.25) is 13.9 Å². The Hall–Kier alpha value is -3.37. The van der Waals surface area contributed by atoms with E-state index in [1.54, 1.807) is 18.2 Å². The summed E-state index contributed by atoms with van der Waals surface area (Å²) in [6.45, 7) is 5.12. The highest BCUT2D eigenvalue weighted by molar-refractivity contribution is 9.10. The van der Waals surface area contributed by atoms with Gasteiger partial charge in [0.15, 0.2) is 0 Å². The molecule has 2 unspecified atom stereocenters. The molecule has 0 spiro atoms. The van der Waals surface area contributed by atoms with Crippen LogP contribution in [0.2, 0.25) is 10.0 Å². The number of aryl methyl sites for hydroxylation is 1. The molecule has 0 radical (unpaired) electrons. The van der Waals surface area contributed by atoms with Crippen molar-refractivity contribution >= 4 is 66.7 Å². The predicted molar refractivity (Wildman–Crippen MR) is 189 cm³/mol. The number of hydrogen-bond acceptors (Lipinski definition) is 4. The molecule has 0 bridgehead atoms. The third kappa shape index (κ3) is 9.12. The van der Waals surface area contributed by atoms with Crippen molar-refractivity contribution in [3.05, 3.63) is 128 Å². The first-order valence-corrected chi connectivity index (χ1v) is 17.8. The second kappa shape index (κ2) is 16.0. The van der Waals surface area contributed by atoms with Gasteiger partial charge in [0, 0.05) is 28.5 Å². The van der Waals surface area contributed by atoms with E-state index in [0.717, 1.165) is 25.5 Å². The molecular formula is C35H36BrCl2N3O4S. The van der Waals surface area contributed by atoms with Crippen LogP contribution in [0.1, 0.15) is 37.0 Å². The van der Waals surface area contributed by atoms with Gasteiger partial charge in [-0.15, -0.1) is 0 Å². The molecule has 0 saturated carbocycles. The first kappa shape index (κ1) is 35.5. The van der Waals surface area contributed by atoms with Crippen molar-refractivity contribution in [1.82, 2.24) is 10.2 Å². The van der Waals surface area contributed by atoms with Gasteiger partial charge in [-0.2, -0.15) is 0 Å². The number of carbonyl (C=O) groups is 2. The van der Waals surface area contributed by atoms with Gasteiger partial charge in [0.2, 0.25) is 11.8 Å². The van der Waals surface area contributed by atoms with Crippen molar-refractivity contribution in [2.45, 2.75) is 57.1 Å². The van der Waals surface area contributed by atoms with Crippen LogP contribution in [0.25, 0.3) is 0 Å². The van der Waals surface area contributed by atoms with Crippen molar-refractivity contribution in [1.29, 1.82) is 0 Å². The summed E-state index contributed by atoms with van der Waals surface area (Å²) in [6, 6.07) is 26.5. The summed E-state index contributed by atoms with van der Waals surface area (Å²) < 4.78 is 30.2. The Bertz CT molecular complexity index is 1770. The second-order valence-electron chi connectivity index (χ2n) is 11.1. The minimum atomic E-state index is -4.31. The highest BCUT2D eigenvalue weighted by Crippen LogP contribution is 2.33. The van der Waals surface area contributed by atoms with E-state index >= 15 is 0 Å². The van der Waals surface area contributed by atoms with Crippen molar-refractivity contribution in [3.8, 4) is 0 Å². The fourth-order valence-corrected chi connectivity index (χ4v) is 7.16. The van der Waals surface area contributed by atoms with Crippen LogP contribution in [0, 0.1) is 6.92 Å². The summed E-state index contributed by atoms with van der Waals surface area (Å²) in [7, 11) is -4.31. The monoisotopic (exact) mass is 743 g/mol. The number of carbonyl (C=O) groups excluding carboxylic acids is 2. The summed E-state index contributed by atoms with van der Waals surface area (Å²) in [5, 5.41) is 3.38. The van der Waals surface area contributed by atoms with Gasteiger partial charge in [-0.1, -0.05) is 106 Å². The standard InChI is InChI=1S/C35H36BrCl2N3O4S/c1-4-25(3)39-35(43)33(20-26-9-6-5-7-10-26)40(22-27-11-8-12-28(36)19-27)34(42)23-41(32-21-29(37)15-18-31(32)38)46(44,45)30-16-13-24(2)14-17-30/h5-19,21,25,33H,4,20,22-23H2,1-3H3,(H,39,43). The molecular weight excluding hydrogens is 709 g/mol. The molecule has 0 aliphatic rings. The molecule has 11 heteroatoms.